The molecule has 0 amide bonds. The highest BCUT2D eigenvalue weighted by Crippen LogP contribution is 2.24. The summed E-state index contributed by atoms with van der Waals surface area (Å²) in [5, 5.41) is 7.69. The van der Waals surface area contributed by atoms with Crippen molar-refractivity contribution in [1.29, 1.82) is 0 Å². The molecule has 0 unspecified atom stereocenters. The standard InChI is InChI=1S/C16H23N3O/c1-4-9-19-12-15(11-18-19)20-16-8-6-5-7-14(16)10-17-13(2)3/h5-8,11-13,17H,4,9-10H2,1-3H3. The van der Waals surface area contributed by atoms with Crippen molar-refractivity contribution in [3.05, 3.63) is 42.2 Å². The van der Waals surface area contributed by atoms with E-state index in [1.807, 2.05) is 29.1 Å². The highest BCUT2D eigenvalue weighted by Gasteiger charge is 2.06. The van der Waals surface area contributed by atoms with Gasteiger partial charge in [0.2, 0.25) is 0 Å². The number of benzene rings is 1. The molecule has 2 aromatic rings. The van der Waals surface area contributed by atoms with Crippen molar-refractivity contribution >= 4 is 0 Å². The molecule has 0 aliphatic heterocycles. The Labute approximate surface area is 120 Å². The summed E-state index contributed by atoms with van der Waals surface area (Å²) in [4.78, 5) is 0. The predicted octanol–water partition coefficient (Wildman–Crippen LogP) is 3.58. The van der Waals surface area contributed by atoms with E-state index >= 15 is 0 Å². The van der Waals surface area contributed by atoms with Crippen LogP contribution in [0, 0.1) is 0 Å². The zero-order valence-electron chi connectivity index (χ0n) is 12.5. The van der Waals surface area contributed by atoms with Crippen molar-refractivity contribution in [1.82, 2.24) is 15.1 Å². The first-order valence-corrected chi connectivity index (χ1v) is 7.20. The van der Waals surface area contributed by atoms with Gasteiger partial charge < -0.3 is 10.1 Å². The van der Waals surface area contributed by atoms with Gasteiger partial charge in [-0.2, -0.15) is 5.10 Å². The minimum Gasteiger partial charge on any atom is -0.454 e. The minimum absolute atomic E-state index is 0.454. The summed E-state index contributed by atoms with van der Waals surface area (Å²) in [6.45, 7) is 8.13. The summed E-state index contributed by atoms with van der Waals surface area (Å²) in [6, 6.07) is 8.56. The molecule has 0 aliphatic carbocycles. The van der Waals surface area contributed by atoms with Gasteiger partial charge in [-0.05, 0) is 12.5 Å². The van der Waals surface area contributed by atoms with E-state index < -0.39 is 0 Å². The van der Waals surface area contributed by atoms with Crippen LogP contribution in [-0.2, 0) is 13.1 Å². The topological polar surface area (TPSA) is 39.1 Å². The number of ether oxygens (including phenoxy) is 1. The molecule has 4 nitrogen and oxygen atoms in total. The predicted molar refractivity (Wildman–Crippen MR) is 81.0 cm³/mol. The largest absolute Gasteiger partial charge is 0.454 e. The van der Waals surface area contributed by atoms with Crippen molar-refractivity contribution in [3.8, 4) is 11.5 Å². The van der Waals surface area contributed by atoms with Crippen LogP contribution in [0.2, 0.25) is 0 Å². The summed E-state index contributed by atoms with van der Waals surface area (Å²) in [7, 11) is 0. The zero-order valence-corrected chi connectivity index (χ0v) is 12.5. The normalized spacial score (nSPS) is 11.0. The molecule has 4 heteroatoms. The van der Waals surface area contributed by atoms with Gasteiger partial charge in [0.25, 0.3) is 0 Å². The van der Waals surface area contributed by atoms with E-state index in [1.54, 1.807) is 6.20 Å². The Balaban J connectivity index is 2.07. The second-order valence-corrected chi connectivity index (χ2v) is 5.18. The summed E-state index contributed by atoms with van der Waals surface area (Å²) >= 11 is 0. The highest BCUT2D eigenvalue weighted by atomic mass is 16.5. The lowest BCUT2D eigenvalue weighted by molar-refractivity contribution is 0.468. The van der Waals surface area contributed by atoms with Crippen molar-refractivity contribution in [2.75, 3.05) is 0 Å². The number of nitrogens with zero attached hydrogens (tertiary/aromatic N) is 2. The van der Waals surface area contributed by atoms with E-state index in [-0.39, 0.29) is 0 Å². The van der Waals surface area contributed by atoms with Gasteiger partial charge in [-0.15, -0.1) is 0 Å². The molecule has 2 rings (SSSR count). The van der Waals surface area contributed by atoms with E-state index in [4.69, 9.17) is 4.74 Å². The van der Waals surface area contributed by atoms with Crippen LogP contribution >= 0.6 is 0 Å². The van der Waals surface area contributed by atoms with Crippen molar-refractivity contribution < 1.29 is 4.74 Å². The average Bonchev–Trinajstić information content (AvgIpc) is 2.85. The van der Waals surface area contributed by atoms with E-state index in [2.05, 4.69) is 37.3 Å². The molecule has 20 heavy (non-hydrogen) atoms. The van der Waals surface area contributed by atoms with E-state index in [0.29, 0.717) is 6.04 Å². The lowest BCUT2D eigenvalue weighted by Crippen LogP contribution is -2.22. The van der Waals surface area contributed by atoms with Gasteiger partial charge in [-0.1, -0.05) is 39.0 Å². The SMILES string of the molecule is CCCn1cc(Oc2ccccc2CNC(C)C)cn1. The summed E-state index contributed by atoms with van der Waals surface area (Å²) < 4.78 is 7.85. The molecule has 1 N–H and O–H groups in total. The van der Waals surface area contributed by atoms with Gasteiger partial charge in [0.15, 0.2) is 5.75 Å². The molecule has 0 saturated heterocycles. The van der Waals surface area contributed by atoms with Crippen LogP contribution in [0.4, 0.5) is 0 Å². The lowest BCUT2D eigenvalue weighted by Gasteiger charge is -2.12. The fraction of sp³-hybridized carbons (Fsp3) is 0.438. The van der Waals surface area contributed by atoms with E-state index in [1.165, 1.54) is 0 Å². The molecule has 1 heterocycles. The Morgan fingerprint density at radius 1 is 1.30 bits per heavy atom. The maximum absolute atomic E-state index is 5.95. The fourth-order valence-corrected chi connectivity index (χ4v) is 1.94. The monoisotopic (exact) mass is 273 g/mol. The number of aromatic nitrogens is 2. The number of hydrogen-bond acceptors (Lipinski definition) is 3. The first kappa shape index (κ1) is 14.6. The summed E-state index contributed by atoms with van der Waals surface area (Å²) in [5.41, 5.74) is 1.16. The third-order valence-electron chi connectivity index (χ3n) is 2.96. The Morgan fingerprint density at radius 3 is 2.85 bits per heavy atom. The van der Waals surface area contributed by atoms with Gasteiger partial charge in [0.1, 0.15) is 5.75 Å². The summed E-state index contributed by atoms with van der Waals surface area (Å²) in [5.74, 6) is 1.67. The molecule has 1 aromatic heterocycles. The van der Waals surface area contributed by atoms with Crippen LogP contribution < -0.4 is 10.1 Å². The molecule has 0 aliphatic rings. The quantitative estimate of drug-likeness (QED) is 0.838. The second kappa shape index (κ2) is 7.10. The highest BCUT2D eigenvalue weighted by molar-refractivity contribution is 5.36. The van der Waals surface area contributed by atoms with E-state index in [0.717, 1.165) is 36.6 Å². The molecule has 108 valence electrons. The van der Waals surface area contributed by atoms with Gasteiger partial charge in [-0.25, -0.2) is 0 Å². The van der Waals surface area contributed by atoms with Gasteiger partial charge in [-0.3, -0.25) is 4.68 Å². The van der Waals surface area contributed by atoms with Crippen LogP contribution in [0.1, 0.15) is 32.8 Å². The molecule has 1 aromatic carbocycles. The third-order valence-corrected chi connectivity index (χ3v) is 2.96. The number of para-hydroxylation sites is 1. The van der Waals surface area contributed by atoms with Crippen molar-refractivity contribution in [2.45, 2.75) is 46.3 Å². The molecule has 0 radical (unpaired) electrons. The Hall–Kier alpha value is -1.81. The van der Waals surface area contributed by atoms with E-state index in [9.17, 15) is 0 Å². The van der Waals surface area contributed by atoms with Gasteiger partial charge >= 0.3 is 0 Å². The van der Waals surface area contributed by atoms with Crippen LogP contribution in [0.5, 0.6) is 11.5 Å². The molecule has 0 fully saturated rings. The Bertz CT molecular complexity index is 534. The zero-order chi connectivity index (χ0) is 14.4. The van der Waals surface area contributed by atoms with Crippen molar-refractivity contribution in [3.63, 3.8) is 0 Å². The first-order chi connectivity index (χ1) is 9.69. The molecule has 0 saturated carbocycles. The number of hydrogen-bond donors (Lipinski definition) is 1. The van der Waals surface area contributed by atoms with Gasteiger partial charge in [0.05, 0.1) is 12.4 Å². The lowest BCUT2D eigenvalue weighted by atomic mass is 10.2. The molecule has 0 atom stereocenters. The maximum Gasteiger partial charge on any atom is 0.165 e. The van der Waals surface area contributed by atoms with Crippen LogP contribution in [0.3, 0.4) is 0 Å². The maximum atomic E-state index is 5.95. The van der Waals surface area contributed by atoms with Crippen LogP contribution in [0.25, 0.3) is 0 Å². The average molecular weight is 273 g/mol. The molecule has 0 spiro atoms. The fourth-order valence-electron chi connectivity index (χ4n) is 1.94. The molecular formula is C16H23N3O. The minimum atomic E-state index is 0.454. The van der Waals surface area contributed by atoms with Crippen LogP contribution in [0.15, 0.2) is 36.7 Å². The summed E-state index contributed by atoms with van der Waals surface area (Å²) in [6.07, 6.45) is 4.77. The number of aryl methyl sites for hydroxylation is 1. The third kappa shape index (κ3) is 4.10. The number of rotatable bonds is 7. The smallest absolute Gasteiger partial charge is 0.165 e. The molecular weight excluding hydrogens is 250 g/mol. The van der Waals surface area contributed by atoms with Gasteiger partial charge in [0, 0.05) is 24.7 Å². The Kier molecular flexibility index (Phi) is 5.18. The number of nitrogens with one attached hydrogen (secondary N) is 1. The Morgan fingerprint density at radius 2 is 2.10 bits per heavy atom. The second-order valence-electron chi connectivity index (χ2n) is 5.18. The van der Waals surface area contributed by atoms with Crippen molar-refractivity contribution in [2.24, 2.45) is 0 Å². The first-order valence-electron chi connectivity index (χ1n) is 7.20. The van der Waals surface area contributed by atoms with Crippen LogP contribution in [-0.4, -0.2) is 15.8 Å². The molecule has 0 bridgehead atoms.